The molecule has 27 heavy (non-hydrogen) atoms. The molecule has 3 rings (SSSR count). The van der Waals surface area contributed by atoms with Crippen molar-refractivity contribution in [3.05, 3.63) is 58.7 Å². The first-order chi connectivity index (χ1) is 12.9. The predicted octanol–water partition coefficient (Wildman–Crippen LogP) is 2.43. The van der Waals surface area contributed by atoms with Gasteiger partial charge in [-0.1, -0.05) is 18.2 Å². The summed E-state index contributed by atoms with van der Waals surface area (Å²) in [5.74, 6) is 0.189. The topological polar surface area (TPSA) is 84.9 Å². The molecule has 0 fully saturated rings. The molecule has 1 aliphatic rings. The van der Waals surface area contributed by atoms with E-state index in [9.17, 15) is 9.59 Å². The molecule has 1 heterocycles. The van der Waals surface area contributed by atoms with Crippen LogP contribution in [0.1, 0.15) is 22.3 Å². The fourth-order valence-corrected chi connectivity index (χ4v) is 3.00. The van der Waals surface area contributed by atoms with Gasteiger partial charge in [0.2, 0.25) is 0 Å². The van der Waals surface area contributed by atoms with Gasteiger partial charge in [0.15, 0.2) is 12.7 Å². The van der Waals surface area contributed by atoms with Crippen molar-refractivity contribution < 1.29 is 24.2 Å². The smallest absolute Gasteiger partial charge is 0.341 e. The van der Waals surface area contributed by atoms with Gasteiger partial charge >= 0.3 is 5.97 Å². The Bertz CT molecular complexity index is 813. The summed E-state index contributed by atoms with van der Waals surface area (Å²) < 4.78 is 10.9. The van der Waals surface area contributed by atoms with Crippen molar-refractivity contribution >= 4 is 11.9 Å². The van der Waals surface area contributed by atoms with E-state index in [1.807, 2.05) is 25.1 Å². The highest BCUT2D eigenvalue weighted by atomic mass is 16.5. The molecule has 0 unspecified atom stereocenters. The Morgan fingerprint density at radius 3 is 2.59 bits per heavy atom. The lowest BCUT2D eigenvalue weighted by Crippen LogP contribution is -2.38. The van der Waals surface area contributed by atoms with Gasteiger partial charge < -0.3 is 19.9 Å². The fraction of sp³-hybridized carbons (Fsp3) is 0.333. The van der Waals surface area contributed by atoms with E-state index < -0.39 is 12.1 Å². The number of aryl methyl sites for hydroxylation is 2. The normalized spacial score (nSPS) is 15.0. The van der Waals surface area contributed by atoms with Crippen molar-refractivity contribution in [2.45, 2.75) is 32.8 Å². The Balaban J connectivity index is 1.45. The maximum atomic E-state index is 12.4. The van der Waals surface area contributed by atoms with Crippen molar-refractivity contribution in [3.63, 3.8) is 0 Å². The van der Waals surface area contributed by atoms with Crippen molar-refractivity contribution in [2.75, 3.05) is 13.2 Å². The number of carboxylic acid groups (broad SMARTS) is 1. The first kappa shape index (κ1) is 18.8. The molecule has 1 amide bonds. The van der Waals surface area contributed by atoms with Crippen LogP contribution in [0.15, 0.2) is 36.4 Å². The van der Waals surface area contributed by atoms with Gasteiger partial charge in [-0.2, -0.15) is 0 Å². The second kappa shape index (κ2) is 8.12. The minimum absolute atomic E-state index is 0.108. The number of carbonyl (C=O) groups excluding carboxylic acids is 1. The molecule has 1 atom stereocenters. The van der Waals surface area contributed by atoms with Crippen LogP contribution in [0.3, 0.4) is 0 Å². The maximum absolute atomic E-state index is 12.4. The summed E-state index contributed by atoms with van der Waals surface area (Å²) in [6.07, 6.45) is 0.786. The average Bonchev–Trinajstić information content (AvgIpc) is 3.04. The van der Waals surface area contributed by atoms with Gasteiger partial charge in [-0.15, -0.1) is 0 Å². The monoisotopic (exact) mass is 369 g/mol. The number of nitrogens with one attached hydrogen (secondary N) is 1. The summed E-state index contributed by atoms with van der Waals surface area (Å²) in [6.45, 7) is 4.23. The van der Waals surface area contributed by atoms with E-state index in [1.165, 1.54) is 5.56 Å². The summed E-state index contributed by atoms with van der Waals surface area (Å²) in [6, 6.07) is 11.2. The molecule has 6 heteroatoms. The Hall–Kier alpha value is -3.02. The van der Waals surface area contributed by atoms with Crippen LogP contribution in [0.4, 0.5) is 0 Å². The number of hydrogen-bond donors (Lipinski definition) is 2. The largest absolute Gasteiger partial charge is 0.482 e. The predicted molar refractivity (Wildman–Crippen MR) is 100 cm³/mol. The molecule has 6 nitrogen and oxygen atoms in total. The van der Waals surface area contributed by atoms with Crippen molar-refractivity contribution in [1.82, 2.24) is 5.32 Å². The minimum atomic E-state index is -1.01. The SMILES string of the molecule is Cc1cc2c(cc1C)O[C@H](C(=O)NCCc1ccc(OCC(=O)O)cc1)C2. The molecule has 0 saturated carbocycles. The summed E-state index contributed by atoms with van der Waals surface area (Å²) >= 11 is 0. The van der Waals surface area contributed by atoms with Gasteiger partial charge in [-0.25, -0.2) is 4.79 Å². The van der Waals surface area contributed by atoms with Gasteiger partial charge in [0, 0.05) is 13.0 Å². The summed E-state index contributed by atoms with van der Waals surface area (Å²) in [7, 11) is 0. The summed E-state index contributed by atoms with van der Waals surface area (Å²) in [5, 5.41) is 11.5. The van der Waals surface area contributed by atoms with Crippen LogP contribution in [0.25, 0.3) is 0 Å². The lowest BCUT2D eigenvalue weighted by molar-refractivity contribution is -0.139. The molecule has 142 valence electrons. The molecule has 0 aliphatic carbocycles. The minimum Gasteiger partial charge on any atom is -0.482 e. The van der Waals surface area contributed by atoms with Gasteiger partial charge in [-0.05, 0) is 60.7 Å². The molecule has 0 radical (unpaired) electrons. The lowest BCUT2D eigenvalue weighted by atomic mass is 10.0. The molecular weight excluding hydrogens is 346 g/mol. The van der Waals surface area contributed by atoms with Gasteiger partial charge in [-0.3, -0.25) is 4.79 Å². The maximum Gasteiger partial charge on any atom is 0.341 e. The number of carboxylic acids is 1. The third-order valence-corrected chi connectivity index (χ3v) is 4.64. The van der Waals surface area contributed by atoms with Crippen molar-refractivity contribution in [2.24, 2.45) is 0 Å². The number of benzene rings is 2. The zero-order chi connectivity index (χ0) is 19.4. The second-order valence-corrected chi connectivity index (χ2v) is 6.72. The van der Waals surface area contributed by atoms with Gasteiger partial charge in [0.05, 0.1) is 0 Å². The third kappa shape index (κ3) is 4.78. The van der Waals surface area contributed by atoms with Crippen LogP contribution in [0, 0.1) is 13.8 Å². The van der Waals surface area contributed by atoms with Crippen molar-refractivity contribution in [3.8, 4) is 11.5 Å². The number of carbonyl (C=O) groups is 2. The van der Waals surface area contributed by atoms with E-state index in [1.54, 1.807) is 12.1 Å². The zero-order valence-electron chi connectivity index (χ0n) is 15.5. The Kier molecular flexibility index (Phi) is 5.64. The standard InChI is InChI=1S/C21H23NO5/c1-13-9-16-11-19(27-18(16)10-14(13)2)21(25)22-8-7-15-3-5-17(6-4-15)26-12-20(23)24/h3-6,9-10,19H,7-8,11-12H2,1-2H3,(H,22,25)(H,23,24)/t19-/m0/s1. The Morgan fingerprint density at radius 1 is 1.19 bits per heavy atom. The van der Waals surface area contributed by atoms with E-state index in [0.717, 1.165) is 22.4 Å². The summed E-state index contributed by atoms with van der Waals surface area (Å²) in [4.78, 5) is 22.8. The van der Waals surface area contributed by atoms with Crippen LogP contribution in [0.2, 0.25) is 0 Å². The Morgan fingerprint density at radius 2 is 1.89 bits per heavy atom. The molecule has 1 aliphatic heterocycles. The molecule has 2 N–H and O–H groups in total. The van der Waals surface area contributed by atoms with Gasteiger partial charge in [0.1, 0.15) is 11.5 Å². The van der Waals surface area contributed by atoms with Crippen molar-refractivity contribution in [1.29, 1.82) is 0 Å². The van der Waals surface area contributed by atoms with E-state index in [-0.39, 0.29) is 12.5 Å². The molecule has 0 aromatic heterocycles. The first-order valence-electron chi connectivity index (χ1n) is 8.90. The highest BCUT2D eigenvalue weighted by Gasteiger charge is 2.29. The number of rotatable bonds is 7. The Labute approximate surface area is 158 Å². The number of aliphatic carboxylic acids is 1. The lowest BCUT2D eigenvalue weighted by Gasteiger charge is -2.11. The van der Waals surface area contributed by atoms with Crippen LogP contribution < -0.4 is 14.8 Å². The number of hydrogen-bond acceptors (Lipinski definition) is 4. The molecule has 2 aromatic carbocycles. The van der Waals surface area contributed by atoms with E-state index in [0.29, 0.717) is 25.1 Å². The molecule has 0 saturated heterocycles. The number of amides is 1. The molecule has 2 aromatic rings. The van der Waals surface area contributed by atoms with Crippen LogP contribution in [0.5, 0.6) is 11.5 Å². The number of ether oxygens (including phenoxy) is 2. The quantitative estimate of drug-likeness (QED) is 0.783. The average molecular weight is 369 g/mol. The first-order valence-corrected chi connectivity index (χ1v) is 8.90. The van der Waals surface area contributed by atoms with Gasteiger partial charge in [0.25, 0.3) is 5.91 Å². The van der Waals surface area contributed by atoms with Crippen LogP contribution >= 0.6 is 0 Å². The number of fused-ring (bicyclic) bond motifs is 1. The third-order valence-electron chi connectivity index (χ3n) is 4.64. The van der Waals surface area contributed by atoms with E-state index in [4.69, 9.17) is 14.6 Å². The highest BCUT2D eigenvalue weighted by molar-refractivity contribution is 5.82. The zero-order valence-corrected chi connectivity index (χ0v) is 15.5. The summed E-state index contributed by atoms with van der Waals surface area (Å²) in [5.41, 5.74) is 4.47. The highest BCUT2D eigenvalue weighted by Crippen LogP contribution is 2.31. The molecular formula is C21H23NO5. The van der Waals surface area contributed by atoms with Crippen LogP contribution in [-0.2, 0) is 22.4 Å². The van der Waals surface area contributed by atoms with E-state index >= 15 is 0 Å². The van der Waals surface area contributed by atoms with E-state index in [2.05, 4.69) is 18.3 Å². The fourth-order valence-electron chi connectivity index (χ4n) is 3.00. The molecule has 0 bridgehead atoms. The second-order valence-electron chi connectivity index (χ2n) is 6.72. The van der Waals surface area contributed by atoms with Crippen LogP contribution in [-0.4, -0.2) is 36.2 Å². The molecule has 0 spiro atoms.